The monoisotopic (exact) mass is 290 g/mol. The molecule has 21 heavy (non-hydrogen) atoms. The molecule has 1 atom stereocenters. The molecule has 0 spiro atoms. The predicted molar refractivity (Wildman–Crippen MR) is 89.2 cm³/mol. The lowest BCUT2D eigenvalue weighted by atomic mass is 10.1. The molecule has 2 rings (SSSR count). The van der Waals surface area contributed by atoms with Gasteiger partial charge in [-0.3, -0.25) is 0 Å². The van der Waals surface area contributed by atoms with Crippen molar-refractivity contribution < 1.29 is 4.74 Å². The SMILES string of the molecule is CCN(CCCOc1cc(C)cc(C)c1)CC1CCCN1. The fraction of sp³-hybridized carbons (Fsp3) is 0.667. The van der Waals surface area contributed by atoms with Gasteiger partial charge < -0.3 is 15.0 Å². The van der Waals surface area contributed by atoms with E-state index in [0.717, 1.165) is 31.9 Å². The number of aryl methyl sites for hydroxylation is 2. The van der Waals surface area contributed by atoms with Crippen LogP contribution in [0.4, 0.5) is 0 Å². The molecular weight excluding hydrogens is 260 g/mol. The smallest absolute Gasteiger partial charge is 0.119 e. The number of nitrogens with zero attached hydrogens (tertiary/aromatic N) is 1. The Balaban J connectivity index is 1.67. The normalized spacial score (nSPS) is 18.4. The summed E-state index contributed by atoms with van der Waals surface area (Å²) in [7, 11) is 0. The summed E-state index contributed by atoms with van der Waals surface area (Å²) in [5.74, 6) is 1.01. The molecule has 0 aromatic heterocycles. The van der Waals surface area contributed by atoms with Crippen LogP contribution in [0.5, 0.6) is 5.75 Å². The first-order chi connectivity index (χ1) is 10.2. The van der Waals surface area contributed by atoms with Gasteiger partial charge in [-0.2, -0.15) is 0 Å². The number of ether oxygens (including phenoxy) is 1. The zero-order valence-corrected chi connectivity index (χ0v) is 13.8. The van der Waals surface area contributed by atoms with E-state index in [2.05, 4.69) is 49.2 Å². The van der Waals surface area contributed by atoms with Gasteiger partial charge in [-0.15, -0.1) is 0 Å². The van der Waals surface area contributed by atoms with E-state index < -0.39 is 0 Å². The summed E-state index contributed by atoms with van der Waals surface area (Å²) in [5.41, 5.74) is 2.54. The Morgan fingerprint density at radius 1 is 1.24 bits per heavy atom. The van der Waals surface area contributed by atoms with Gasteiger partial charge in [0.1, 0.15) is 5.75 Å². The molecule has 0 saturated carbocycles. The van der Waals surface area contributed by atoms with Gasteiger partial charge in [-0.1, -0.05) is 13.0 Å². The van der Waals surface area contributed by atoms with E-state index in [0.29, 0.717) is 6.04 Å². The molecule has 1 saturated heterocycles. The van der Waals surface area contributed by atoms with E-state index in [-0.39, 0.29) is 0 Å². The Bertz CT molecular complexity index is 407. The Morgan fingerprint density at radius 3 is 2.62 bits per heavy atom. The Morgan fingerprint density at radius 2 is 2.00 bits per heavy atom. The van der Waals surface area contributed by atoms with Crippen LogP contribution in [0.2, 0.25) is 0 Å². The van der Waals surface area contributed by atoms with Gasteiger partial charge in [-0.05, 0) is 69.5 Å². The summed E-state index contributed by atoms with van der Waals surface area (Å²) >= 11 is 0. The molecule has 1 aliphatic heterocycles. The number of rotatable bonds is 8. The minimum Gasteiger partial charge on any atom is -0.494 e. The van der Waals surface area contributed by atoms with Gasteiger partial charge >= 0.3 is 0 Å². The van der Waals surface area contributed by atoms with Crippen LogP contribution in [0, 0.1) is 13.8 Å². The Kier molecular flexibility index (Phi) is 6.52. The Hall–Kier alpha value is -1.06. The fourth-order valence-corrected chi connectivity index (χ4v) is 3.10. The summed E-state index contributed by atoms with van der Waals surface area (Å²) in [5, 5.41) is 3.58. The highest BCUT2D eigenvalue weighted by atomic mass is 16.5. The van der Waals surface area contributed by atoms with Crippen LogP contribution >= 0.6 is 0 Å². The molecule has 1 fully saturated rings. The van der Waals surface area contributed by atoms with Crippen LogP contribution in [0.25, 0.3) is 0 Å². The van der Waals surface area contributed by atoms with Crippen molar-refractivity contribution >= 4 is 0 Å². The van der Waals surface area contributed by atoms with Crippen LogP contribution in [-0.2, 0) is 0 Å². The van der Waals surface area contributed by atoms with Crippen molar-refractivity contribution in [2.45, 2.75) is 46.1 Å². The van der Waals surface area contributed by atoms with Gasteiger partial charge in [-0.25, -0.2) is 0 Å². The standard InChI is InChI=1S/C18H30N2O/c1-4-20(14-17-7-5-8-19-17)9-6-10-21-18-12-15(2)11-16(3)13-18/h11-13,17,19H,4-10,14H2,1-3H3. The average molecular weight is 290 g/mol. The van der Waals surface area contributed by atoms with E-state index in [4.69, 9.17) is 4.74 Å². The van der Waals surface area contributed by atoms with Gasteiger partial charge in [0.25, 0.3) is 0 Å². The third kappa shape index (κ3) is 5.68. The summed E-state index contributed by atoms with van der Waals surface area (Å²) < 4.78 is 5.89. The molecule has 1 aromatic rings. The van der Waals surface area contributed by atoms with E-state index >= 15 is 0 Å². The molecule has 3 heteroatoms. The molecule has 0 bridgehead atoms. The topological polar surface area (TPSA) is 24.5 Å². The van der Waals surface area contributed by atoms with Crippen LogP contribution in [-0.4, -0.2) is 43.7 Å². The first kappa shape index (κ1) is 16.3. The molecule has 0 aliphatic carbocycles. The highest BCUT2D eigenvalue weighted by molar-refractivity contribution is 5.32. The lowest BCUT2D eigenvalue weighted by Gasteiger charge is -2.24. The fourth-order valence-electron chi connectivity index (χ4n) is 3.10. The van der Waals surface area contributed by atoms with Crippen LogP contribution in [0.1, 0.15) is 37.3 Å². The van der Waals surface area contributed by atoms with Gasteiger partial charge in [0.05, 0.1) is 6.61 Å². The number of benzene rings is 1. The molecule has 0 amide bonds. The number of likely N-dealkylation sites (N-methyl/N-ethyl adjacent to an activating group) is 1. The Labute approximate surface area is 129 Å². The maximum Gasteiger partial charge on any atom is 0.119 e. The molecule has 1 heterocycles. The van der Waals surface area contributed by atoms with E-state index in [1.807, 2.05) is 0 Å². The maximum atomic E-state index is 5.89. The average Bonchev–Trinajstić information content (AvgIpc) is 2.94. The first-order valence-corrected chi connectivity index (χ1v) is 8.34. The van der Waals surface area contributed by atoms with E-state index in [1.165, 1.54) is 37.1 Å². The minimum atomic E-state index is 0.699. The molecule has 1 aromatic carbocycles. The van der Waals surface area contributed by atoms with E-state index in [1.54, 1.807) is 0 Å². The van der Waals surface area contributed by atoms with Gasteiger partial charge in [0.2, 0.25) is 0 Å². The summed E-state index contributed by atoms with van der Waals surface area (Å²) in [6, 6.07) is 7.12. The maximum absolute atomic E-state index is 5.89. The quantitative estimate of drug-likeness (QED) is 0.744. The second-order valence-electron chi connectivity index (χ2n) is 6.21. The summed E-state index contributed by atoms with van der Waals surface area (Å²) in [6.07, 6.45) is 3.75. The lowest BCUT2D eigenvalue weighted by Crippen LogP contribution is -2.38. The van der Waals surface area contributed by atoms with Crippen molar-refractivity contribution in [1.82, 2.24) is 10.2 Å². The number of hydrogen-bond acceptors (Lipinski definition) is 3. The predicted octanol–water partition coefficient (Wildman–Crippen LogP) is 3.15. The highest BCUT2D eigenvalue weighted by Crippen LogP contribution is 2.16. The number of hydrogen-bond donors (Lipinski definition) is 1. The van der Waals surface area contributed by atoms with Gasteiger partial charge in [0, 0.05) is 19.1 Å². The lowest BCUT2D eigenvalue weighted by molar-refractivity contribution is 0.227. The molecule has 1 aliphatic rings. The molecular formula is C18H30N2O. The number of nitrogens with one attached hydrogen (secondary N) is 1. The second-order valence-corrected chi connectivity index (χ2v) is 6.21. The summed E-state index contributed by atoms with van der Waals surface area (Å²) in [6.45, 7) is 11.9. The third-order valence-corrected chi connectivity index (χ3v) is 4.17. The third-order valence-electron chi connectivity index (χ3n) is 4.17. The molecule has 118 valence electrons. The largest absolute Gasteiger partial charge is 0.494 e. The molecule has 1 N–H and O–H groups in total. The first-order valence-electron chi connectivity index (χ1n) is 8.34. The highest BCUT2D eigenvalue weighted by Gasteiger charge is 2.16. The van der Waals surface area contributed by atoms with Crippen molar-refractivity contribution in [1.29, 1.82) is 0 Å². The van der Waals surface area contributed by atoms with Crippen LogP contribution in [0.15, 0.2) is 18.2 Å². The minimum absolute atomic E-state index is 0.699. The summed E-state index contributed by atoms with van der Waals surface area (Å²) in [4.78, 5) is 2.54. The van der Waals surface area contributed by atoms with Crippen molar-refractivity contribution in [3.05, 3.63) is 29.3 Å². The van der Waals surface area contributed by atoms with Crippen molar-refractivity contribution in [2.24, 2.45) is 0 Å². The van der Waals surface area contributed by atoms with E-state index in [9.17, 15) is 0 Å². The van der Waals surface area contributed by atoms with Crippen molar-refractivity contribution in [3.63, 3.8) is 0 Å². The zero-order valence-electron chi connectivity index (χ0n) is 13.8. The van der Waals surface area contributed by atoms with Crippen molar-refractivity contribution in [2.75, 3.05) is 32.8 Å². The second kappa shape index (κ2) is 8.40. The van der Waals surface area contributed by atoms with Crippen LogP contribution < -0.4 is 10.1 Å². The van der Waals surface area contributed by atoms with Gasteiger partial charge in [0.15, 0.2) is 0 Å². The van der Waals surface area contributed by atoms with Crippen LogP contribution in [0.3, 0.4) is 0 Å². The zero-order chi connectivity index (χ0) is 15.1. The van der Waals surface area contributed by atoms with Crippen molar-refractivity contribution in [3.8, 4) is 5.75 Å². The molecule has 1 unspecified atom stereocenters. The molecule has 0 radical (unpaired) electrons. The molecule has 3 nitrogen and oxygen atoms in total.